The molecule has 4 aliphatic rings. The number of hydrogen-bond donors (Lipinski definition) is 2. The van der Waals surface area contributed by atoms with E-state index in [2.05, 4.69) is 51.3 Å². The van der Waals surface area contributed by atoms with Crippen molar-refractivity contribution in [3.63, 3.8) is 0 Å². The van der Waals surface area contributed by atoms with E-state index in [1.165, 1.54) is 31.3 Å². The van der Waals surface area contributed by atoms with Crippen LogP contribution in [0, 0.1) is 23.2 Å². The van der Waals surface area contributed by atoms with Crippen LogP contribution in [0.25, 0.3) is 0 Å². The molecule has 0 amide bonds. The molecule has 198 valence electrons. The summed E-state index contributed by atoms with van der Waals surface area (Å²) in [4.78, 5) is 12.5. The topological polar surface area (TPSA) is 66.8 Å². The van der Waals surface area contributed by atoms with Crippen molar-refractivity contribution in [2.24, 2.45) is 23.2 Å². The first-order valence-corrected chi connectivity index (χ1v) is 14.1. The van der Waals surface area contributed by atoms with Crippen LogP contribution in [0.1, 0.15) is 76.7 Å². The maximum Gasteiger partial charge on any atom is 0.334 e. The summed E-state index contributed by atoms with van der Waals surface area (Å²) in [6.07, 6.45) is 10.8. The Hall–Kier alpha value is -2.43. The number of benzene rings is 1. The van der Waals surface area contributed by atoms with Gasteiger partial charge in [-0.1, -0.05) is 75.1 Å². The molecule has 1 heterocycles. The number of hydrogen-bond acceptors (Lipinski definition) is 4. The molecule has 0 spiro atoms. The summed E-state index contributed by atoms with van der Waals surface area (Å²) < 4.78 is 5.89. The smallest absolute Gasteiger partial charge is 0.334 e. The van der Waals surface area contributed by atoms with E-state index in [0.717, 1.165) is 29.6 Å². The fourth-order valence-electron chi connectivity index (χ4n) is 8.10. The van der Waals surface area contributed by atoms with Crippen molar-refractivity contribution in [3.05, 3.63) is 83.5 Å². The van der Waals surface area contributed by atoms with Gasteiger partial charge in [-0.05, 0) is 84.8 Å². The summed E-state index contributed by atoms with van der Waals surface area (Å²) in [6.45, 7) is 13.0. The third-order valence-electron chi connectivity index (χ3n) is 10.0. The Morgan fingerprint density at radius 1 is 1.14 bits per heavy atom. The van der Waals surface area contributed by atoms with Crippen molar-refractivity contribution >= 4 is 5.97 Å². The van der Waals surface area contributed by atoms with Gasteiger partial charge < -0.3 is 14.9 Å². The number of fused-ring (bicyclic) bond motifs is 1. The minimum absolute atomic E-state index is 0.0658. The molecule has 2 N–H and O–H groups in total. The number of carbonyl (C=O) groups is 1. The first-order valence-electron chi connectivity index (χ1n) is 14.1. The number of ether oxygens (including phenoxy) is 1. The molecule has 1 aromatic rings. The van der Waals surface area contributed by atoms with Gasteiger partial charge in [-0.15, -0.1) is 0 Å². The maximum absolute atomic E-state index is 12.5. The Labute approximate surface area is 221 Å². The van der Waals surface area contributed by atoms with Crippen molar-refractivity contribution < 1.29 is 19.7 Å². The van der Waals surface area contributed by atoms with Crippen molar-refractivity contribution in [2.75, 3.05) is 0 Å². The van der Waals surface area contributed by atoms with Crippen LogP contribution in [0.3, 0.4) is 0 Å². The molecule has 4 fully saturated rings. The second kappa shape index (κ2) is 10.4. The van der Waals surface area contributed by atoms with Gasteiger partial charge in [0.25, 0.3) is 0 Å². The lowest BCUT2D eigenvalue weighted by Crippen LogP contribution is -2.37. The Balaban J connectivity index is 1.33. The summed E-state index contributed by atoms with van der Waals surface area (Å²) in [5, 5.41) is 20.4. The molecule has 5 rings (SSSR count). The minimum Gasteiger partial charge on any atom is -0.458 e. The van der Waals surface area contributed by atoms with Crippen molar-refractivity contribution in [1.82, 2.24) is 0 Å². The van der Waals surface area contributed by atoms with Crippen LogP contribution < -0.4 is 0 Å². The van der Waals surface area contributed by atoms with Crippen LogP contribution in [-0.4, -0.2) is 34.5 Å². The van der Waals surface area contributed by atoms with Gasteiger partial charge in [-0.25, -0.2) is 4.79 Å². The molecule has 3 aliphatic carbocycles. The average Bonchev–Trinajstić information content (AvgIpc) is 3.36. The predicted octanol–water partition coefficient (Wildman–Crippen LogP) is 6.42. The SMILES string of the molecule is C=C1C(=CC=C2CCC[C@]3(C)[C@@H]([C@H](C)C[C@H]4OC(=O)C(=C)[C@H]4c4ccccc4)CC[C@@H]23)C[C@@H](O)C[C@@H]1O. The number of allylic oxidation sites excluding steroid dienone is 3. The number of aliphatic hydroxyl groups is 2. The van der Waals surface area contributed by atoms with Crippen LogP contribution in [0.5, 0.6) is 0 Å². The van der Waals surface area contributed by atoms with Gasteiger partial charge in [0, 0.05) is 12.0 Å². The lowest BCUT2D eigenvalue weighted by atomic mass is 9.60. The number of rotatable bonds is 5. The third kappa shape index (κ3) is 4.91. The second-order valence-corrected chi connectivity index (χ2v) is 12.2. The highest BCUT2D eigenvalue weighted by molar-refractivity contribution is 5.92. The van der Waals surface area contributed by atoms with E-state index in [9.17, 15) is 15.0 Å². The normalized spacial score (nSPS) is 39.2. The average molecular weight is 503 g/mol. The monoisotopic (exact) mass is 502 g/mol. The number of carbonyl (C=O) groups excluding carboxylic acids is 1. The van der Waals surface area contributed by atoms with Gasteiger partial charge in [0.2, 0.25) is 0 Å². The van der Waals surface area contributed by atoms with Crippen LogP contribution in [-0.2, 0) is 9.53 Å². The number of aliphatic hydroxyl groups excluding tert-OH is 2. The van der Waals surface area contributed by atoms with Crippen LogP contribution in [0.4, 0.5) is 0 Å². The van der Waals surface area contributed by atoms with E-state index in [0.29, 0.717) is 36.2 Å². The van der Waals surface area contributed by atoms with Crippen LogP contribution in [0.15, 0.2) is 77.9 Å². The van der Waals surface area contributed by atoms with Gasteiger partial charge in [-0.3, -0.25) is 0 Å². The molecule has 1 saturated heterocycles. The Kier molecular flexibility index (Phi) is 7.35. The number of cyclic esters (lactones) is 1. The van der Waals surface area contributed by atoms with Gasteiger partial charge in [0.05, 0.1) is 18.1 Å². The van der Waals surface area contributed by atoms with Crippen LogP contribution >= 0.6 is 0 Å². The quantitative estimate of drug-likeness (QED) is 0.360. The molecule has 37 heavy (non-hydrogen) atoms. The minimum atomic E-state index is -0.651. The van der Waals surface area contributed by atoms with E-state index in [1.54, 1.807) is 0 Å². The highest BCUT2D eigenvalue weighted by Gasteiger charge is 2.52. The Morgan fingerprint density at radius 2 is 1.89 bits per heavy atom. The fourth-order valence-corrected chi connectivity index (χ4v) is 8.10. The van der Waals surface area contributed by atoms with Crippen molar-refractivity contribution in [1.29, 1.82) is 0 Å². The molecule has 0 radical (unpaired) electrons. The molecule has 8 atom stereocenters. The summed E-state index contributed by atoms with van der Waals surface area (Å²) in [7, 11) is 0. The van der Waals surface area contributed by atoms with Gasteiger partial charge in [0.1, 0.15) is 6.10 Å². The largest absolute Gasteiger partial charge is 0.458 e. The van der Waals surface area contributed by atoms with Crippen molar-refractivity contribution in [2.45, 2.75) is 89.4 Å². The first-order chi connectivity index (χ1) is 17.7. The molecule has 1 aromatic carbocycles. The maximum atomic E-state index is 12.5. The van der Waals surface area contributed by atoms with E-state index in [1.807, 2.05) is 18.2 Å². The molecule has 0 aromatic heterocycles. The molecule has 1 aliphatic heterocycles. The zero-order valence-electron chi connectivity index (χ0n) is 22.4. The Morgan fingerprint density at radius 3 is 2.65 bits per heavy atom. The summed E-state index contributed by atoms with van der Waals surface area (Å²) in [5.74, 6) is 1.24. The zero-order chi connectivity index (χ0) is 26.3. The molecule has 0 bridgehead atoms. The number of esters is 1. The van der Waals surface area contributed by atoms with Gasteiger partial charge in [0.15, 0.2) is 0 Å². The first kappa shape index (κ1) is 26.2. The summed E-state index contributed by atoms with van der Waals surface area (Å²) >= 11 is 0. The third-order valence-corrected chi connectivity index (χ3v) is 10.0. The Bertz CT molecular complexity index is 1110. The van der Waals surface area contributed by atoms with Crippen molar-refractivity contribution in [3.8, 4) is 0 Å². The summed E-state index contributed by atoms with van der Waals surface area (Å²) in [6, 6.07) is 10.2. The molecule has 4 heteroatoms. The second-order valence-electron chi connectivity index (χ2n) is 12.2. The van der Waals surface area contributed by atoms with E-state index in [4.69, 9.17) is 4.74 Å². The van der Waals surface area contributed by atoms with E-state index in [-0.39, 0.29) is 23.4 Å². The highest BCUT2D eigenvalue weighted by Crippen LogP contribution is 2.60. The molecular weight excluding hydrogens is 460 g/mol. The molecule has 3 saturated carbocycles. The fraction of sp³-hybridized carbons (Fsp3) is 0.545. The van der Waals surface area contributed by atoms with E-state index < -0.39 is 12.2 Å². The highest BCUT2D eigenvalue weighted by atomic mass is 16.6. The molecule has 4 nitrogen and oxygen atoms in total. The molecular formula is C33H42O4. The van der Waals surface area contributed by atoms with Crippen LogP contribution in [0.2, 0.25) is 0 Å². The van der Waals surface area contributed by atoms with Gasteiger partial charge in [-0.2, -0.15) is 0 Å². The van der Waals surface area contributed by atoms with E-state index >= 15 is 0 Å². The standard InChI is InChI=1S/C33H42O4/c1-20(17-30-31(22(3)32(36)37-30)24-9-6-5-7-10-24)27-14-15-28-23(11-8-16-33(27,28)4)12-13-25-18-26(34)19-29(35)21(25)2/h5-7,9-10,12-13,20,26-31,34-35H,2-3,8,11,14-19H2,1,4H3/t20-,26-,27-,28+,29+,30-,31+,33-/m1/s1. The van der Waals surface area contributed by atoms with Gasteiger partial charge >= 0.3 is 5.97 Å². The lowest BCUT2D eigenvalue weighted by molar-refractivity contribution is -0.139. The summed E-state index contributed by atoms with van der Waals surface area (Å²) in [5.41, 5.74) is 5.15. The predicted molar refractivity (Wildman–Crippen MR) is 147 cm³/mol. The molecule has 0 unspecified atom stereocenters. The zero-order valence-corrected chi connectivity index (χ0v) is 22.4. The lowest BCUT2D eigenvalue weighted by Gasteiger charge is -2.44.